The van der Waals surface area contributed by atoms with Gasteiger partial charge in [0, 0.05) is 24.4 Å². The van der Waals surface area contributed by atoms with Gasteiger partial charge in [0.15, 0.2) is 11.5 Å². The number of methoxy groups -OCH3 is 2. The molecule has 7 nitrogen and oxygen atoms in total. The summed E-state index contributed by atoms with van der Waals surface area (Å²) >= 11 is 1.37. The number of carboxylic acid groups (broad SMARTS) is 1. The Labute approximate surface area is 126 Å². The molecule has 0 heterocycles. The average molecular weight is 314 g/mol. The van der Waals surface area contributed by atoms with Gasteiger partial charge in [0.05, 0.1) is 31.2 Å². The number of thioether (sulfide) groups is 1. The second kappa shape index (κ2) is 8.38. The Kier molecular flexibility index (Phi) is 6.83. The van der Waals surface area contributed by atoms with E-state index >= 15 is 0 Å². The van der Waals surface area contributed by atoms with Gasteiger partial charge in [-0.3, -0.25) is 4.79 Å². The van der Waals surface area contributed by atoms with E-state index in [0.717, 1.165) is 0 Å². The van der Waals surface area contributed by atoms with Crippen LogP contribution in [-0.4, -0.2) is 49.3 Å². The topological polar surface area (TPSA) is 111 Å². The van der Waals surface area contributed by atoms with Crippen LogP contribution >= 0.6 is 11.8 Å². The number of anilines is 1. The van der Waals surface area contributed by atoms with E-state index in [9.17, 15) is 14.7 Å². The minimum absolute atomic E-state index is 0.0650. The van der Waals surface area contributed by atoms with E-state index in [1.54, 1.807) is 0 Å². The maximum absolute atomic E-state index is 11.8. The smallest absolute Gasteiger partial charge is 0.337 e. The number of aromatic carboxylic acids is 1. The minimum Gasteiger partial charge on any atom is -0.493 e. The quantitative estimate of drug-likeness (QED) is 0.615. The van der Waals surface area contributed by atoms with Gasteiger partial charge >= 0.3 is 5.97 Å². The predicted molar refractivity (Wildman–Crippen MR) is 81.5 cm³/mol. The first-order chi connectivity index (χ1) is 10.0. The Balaban J connectivity index is 2.98. The second-order valence-corrected chi connectivity index (χ2v) is 5.05. The fraction of sp³-hybridized carbons (Fsp3) is 0.385. The normalized spacial score (nSPS) is 10.0. The number of benzene rings is 1. The molecule has 0 aliphatic carbocycles. The van der Waals surface area contributed by atoms with E-state index in [0.29, 0.717) is 18.0 Å². The minimum atomic E-state index is -1.17. The van der Waals surface area contributed by atoms with Gasteiger partial charge in [-0.2, -0.15) is 11.8 Å². The highest BCUT2D eigenvalue weighted by Gasteiger charge is 2.17. The number of rotatable bonds is 8. The van der Waals surface area contributed by atoms with Crippen molar-refractivity contribution in [3.63, 3.8) is 0 Å². The lowest BCUT2D eigenvalue weighted by atomic mass is 10.1. The third-order valence-corrected chi connectivity index (χ3v) is 3.51. The third-order valence-electron chi connectivity index (χ3n) is 2.52. The van der Waals surface area contributed by atoms with E-state index in [1.807, 2.05) is 0 Å². The number of hydrogen-bond donors (Lipinski definition) is 3. The maximum atomic E-state index is 11.8. The fourth-order valence-corrected chi connectivity index (χ4v) is 2.16. The molecule has 116 valence electrons. The highest BCUT2D eigenvalue weighted by atomic mass is 32.2. The van der Waals surface area contributed by atoms with Crippen molar-refractivity contribution in [3.05, 3.63) is 17.7 Å². The highest BCUT2D eigenvalue weighted by Crippen LogP contribution is 2.33. The van der Waals surface area contributed by atoms with Crippen LogP contribution in [0.25, 0.3) is 0 Å². The zero-order chi connectivity index (χ0) is 15.8. The summed E-state index contributed by atoms with van der Waals surface area (Å²) in [6.45, 7) is 0.481. The van der Waals surface area contributed by atoms with Crippen LogP contribution in [0.2, 0.25) is 0 Å². The van der Waals surface area contributed by atoms with E-state index in [-0.39, 0.29) is 28.7 Å². The van der Waals surface area contributed by atoms with Gasteiger partial charge in [-0.05, 0) is 0 Å². The van der Waals surface area contributed by atoms with Crippen molar-refractivity contribution in [3.8, 4) is 11.5 Å². The molecule has 4 N–H and O–H groups in total. The average Bonchev–Trinajstić information content (AvgIpc) is 2.46. The molecule has 0 aliphatic heterocycles. The molecule has 0 aromatic heterocycles. The van der Waals surface area contributed by atoms with Crippen LogP contribution < -0.4 is 20.5 Å². The molecular weight excluding hydrogens is 296 g/mol. The van der Waals surface area contributed by atoms with Crippen molar-refractivity contribution in [1.29, 1.82) is 0 Å². The van der Waals surface area contributed by atoms with E-state index in [2.05, 4.69) is 5.32 Å². The van der Waals surface area contributed by atoms with Crippen LogP contribution in [0.3, 0.4) is 0 Å². The Morgan fingerprint density at radius 3 is 2.43 bits per heavy atom. The van der Waals surface area contributed by atoms with Crippen LogP contribution in [0, 0.1) is 0 Å². The van der Waals surface area contributed by atoms with E-state index in [4.69, 9.17) is 15.2 Å². The molecule has 0 spiro atoms. The Morgan fingerprint density at radius 2 is 1.90 bits per heavy atom. The molecule has 0 radical (unpaired) electrons. The maximum Gasteiger partial charge on any atom is 0.337 e. The first kappa shape index (κ1) is 17.1. The van der Waals surface area contributed by atoms with Crippen LogP contribution in [0.5, 0.6) is 11.5 Å². The largest absolute Gasteiger partial charge is 0.493 e. The number of hydrogen-bond acceptors (Lipinski definition) is 6. The van der Waals surface area contributed by atoms with Crippen molar-refractivity contribution < 1.29 is 24.2 Å². The number of nitrogens with one attached hydrogen (secondary N) is 1. The molecule has 0 unspecified atom stereocenters. The molecule has 1 aromatic carbocycles. The molecule has 1 rings (SSSR count). The van der Waals surface area contributed by atoms with Gasteiger partial charge in [-0.15, -0.1) is 0 Å². The summed E-state index contributed by atoms with van der Waals surface area (Å²) in [5.41, 5.74) is 5.44. The van der Waals surface area contributed by atoms with Crippen LogP contribution in [-0.2, 0) is 4.79 Å². The molecule has 0 aliphatic rings. The number of carbonyl (C=O) groups excluding carboxylic acids is 1. The van der Waals surface area contributed by atoms with Crippen LogP contribution in [0.4, 0.5) is 5.69 Å². The van der Waals surface area contributed by atoms with E-state index < -0.39 is 5.97 Å². The first-order valence-electron chi connectivity index (χ1n) is 6.10. The summed E-state index contributed by atoms with van der Waals surface area (Å²) in [4.78, 5) is 23.0. The molecule has 0 fully saturated rings. The number of carbonyl (C=O) groups is 2. The van der Waals surface area contributed by atoms with Crippen molar-refractivity contribution in [1.82, 2.24) is 0 Å². The van der Waals surface area contributed by atoms with Gasteiger partial charge in [-0.1, -0.05) is 0 Å². The zero-order valence-electron chi connectivity index (χ0n) is 11.8. The summed E-state index contributed by atoms with van der Waals surface area (Å²) in [5.74, 6) is 0.0114. The van der Waals surface area contributed by atoms with E-state index in [1.165, 1.54) is 38.1 Å². The van der Waals surface area contributed by atoms with Crippen molar-refractivity contribution in [2.75, 3.05) is 37.6 Å². The lowest BCUT2D eigenvalue weighted by Crippen LogP contribution is -2.18. The zero-order valence-corrected chi connectivity index (χ0v) is 12.7. The number of carboxylic acids is 1. The highest BCUT2D eigenvalue weighted by molar-refractivity contribution is 7.99. The van der Waals surface area contributed by atoms with Crippen molar-refractivity contribution >= 4 is 29.3 Å². The molecule has 1 aromatic rings. The Bertz CT molecular complexity index is 522. The Hall–Kier alpha value is -1.93. The summed E-state index contributed by atoms with van der Waals surface area (Å²) in [5, 5.41) is 11.8. The molecule has 0 saturated heterocycles. The van der Waals surface area contributed by atoms with Gasteiger partial charge in [0.25, 0.3) is 0 Å². The monoisotopic (exact) mass is 314 g/mol. The van der Waals surface area contributed by atoms with Gasteiger partial charge in [0.1, 0.15) is 0 Å². The van der Waals surface area contributed by atoms with Crippen molar-refractivity contribution in [2.24, 2.45) is 5.73 Å². The standard InChI is InChI=1S/C13H18N2O5S/c1-19-10-5-8(13(17)18)9(6-11(10)20-2)15-12(16)7-21-4-3-14/h5-6H,3-4,7,14H2,1-2H3,(H,15,16)(H,17,18). The summed E-state index contributed by atoms with van der Waals surface area (Å²) in [6, 6.07) is 2.73. The lowest BCUT2D eigenvalue weighted by molar-refractivity contribution is -0.113. The second-order valence-electron chi connectivity index (χ2n) is 3.95. The van der Waals surface area contributed by atoms with Crippen LogP contribution in [0.15, 0.2) is 12.1 Å². The molecule has 0 atom stereocenters. The number of ether oxygens (including phenoxy) is 2. The lowest BCUT2D eigenvalue weighted by Gasteiger charge is -2.13. The molecule has 8 heteroatoms. The van der Waals surface area contributed by atoms with Gasteiger partial charge in [-0.25, -0.2) is 4.79 Å². The van der Waals surface area contributed by atoms with Crippen molar-refractivity contribution in [2.45, 2.75) is 0 Å². The first-order valence-corrected chi connectivity index (χ1v) is 7.26. The summed E-state index contributed by atoms with van der Waals surface area (Å²) < 4.78 is 10.1. The number of nitrogens with two attached hydrogens (primary N) is 1. The Morgan fingerprint density at radius 1 is 1.29 bits per heavy atom. The third kappa shape index (κ3) is 4.83. The molecule has 0 saturated carbocycles. The fourth-order valence-electron chi connectivity index (χ4n) is 1.59. The molecule has 0 bridgehead atoms. The van der Waals surface area contributed by atoms with Gasteiger partial charge in [0.2, 0.25) is 5.91 Å². The van der Waals surface area contributed by atoms with Gasteiger partial charge < -0.3 is 25.6 Å². The molecule has 1 amide bonds. The summed E-state index contributed by atoms with van der Waals surface area (Å²) in [6.07, 6.45) is 0. The predicted octanol–water partition coefficient (Wildman–Crippen LogP) is 1.03. The summed E-state index contributed by atoms with van der Waals surface area (Å²) in [7, 11) is 2.84. The molecular formula is C13H18N2O5S. The number of amides is 1. The SMILES string of the molecule is COc1cc(NC(=O)CSCCN)c(C(=O)O)cc1OC. The van der Waals surface area contributed by atoms with Crippen LogP contribution in [0.1, 0.15) is 10.4 Å². The molecule has 21 heavy (non-hydrogen) atoms.